The number of nitrogens with zero attached hydrogens (tertiary/aromatic N) is 2. The molecular formula is C12H16N2O4. The Morgan fingerprint density at radius 1 is 1.33 bits per heavy atom. The average Bonchev–Trinajstić information content (AvgIpc) is 2.69. The van der Waals surface area contributed by atoms with Gasteiger partial charge in [0.1, 0.15) is 0 Å². The maximum Gasteiger partial charge on any atom is 0.359 e. The van der Waals surface area contributed by atoms with Crippen molar-refractivity contribution in [2.45, 2.75) is 13.8 Å². The van der Waals surface area contributed by atoms with Crippen LogP contribution in [0.3, 0.4) is 0 Å². The van der Waals surface area contributed by atoms with Crippen molar-refractivity contribution in [3.8, 4) is 0 Å². The SMILES string of the molecule is CCOC(=O)/C=C/c1c(C(=O)OCC)ncn1C. The van der Waals surface area contributed by atoms with E-state index in [1.165, 1.54) is 18.5 Å². The van der Waals surface area contributed by atoms with Crippen LogP contribution in [-0.4, -0.2) is 34.7 Å². The van der Waals surface area contributed by atoms with Crippen molar-refractivity contribution in [3.05, 3.63) is 23.8 Å². The third-order valence-corrected chi connectivity index (χ3v) is 2.12. The number of hydrogen-bond donors (Lipinski definition) is 0. The van der Waals surface area contributed by atoms with Gasteiger partial charge in [-0.05, 0) is 19.9 Å². The first-order chi connectivity index (χ1) is 8.60. The molecule has 6 nitrogen and oxygen atoms in total. The molecule has 0 aliphatic rings. The Hall–Kier alpha value is -2.11. The van der Waals surface area contributed by atoms with E-state index in [1.54, 1.807) is 25.5 Å². The Morgan fingerprint density at radius 3 is 2.61 bits per heavy atom. The largest absolute Gasteiger partial charge is 0.463 e. The first-order valence-electron chi connectivity index (χ1n) is 5.63. The minimum Gasteiger partial charge on any atom is -0.463 e. The second-order valence-electron chi connectivity index (χ2n) is 3.40. The molecule has 1 heterocycles. The van der Waals surface area contributed by atoms with E-state index in [1.807, 2.05) is 0 Å². The first kappa shape index (κ1) is 14.0. The molecule has 0 aliphatic carbocycles. The molecular weight excluding hydrogens is 236 g/mol. The van der Waals surface area contributed by atoms with Gasteiger partial charge in [-0.2, -0.15) is 0 Å². The summed E-state index contributed by atoms with van der Waals surface area (Å²) in [7, 11) is 1.72. The van der Waals surface area contributed by atoms with E-state index in [9.17, 15) is 9.59 Å². The van der Waals surface area contributed by atoms with Gasteiger partial charge in [-0.1, -0.05) is 0 Å². The normalized spacial score (nSPS) is 10.6. The van der Waals surface area contributed by atoms with Crippen molar-refractivity contribution >= 4 is 18.0 Å². The van der Waals surface area contributed by atoms with Gasteiger partial charge in [0.2, 0.25) is 0 Å². The van der Waals surface area contributed by atoms with Crippen LogP contribution in [0.15, 0.2) is 12.4 Å². The number of aromatic nitrogens is 2. The average molecular weight is 252 g/mol. The maximum atomic E-state index is 11.6. The highest BCUT2D eigenvalue weighted by Crippen LogP contribution is 2.10. The summed E-state index contributed by atoms with van der Waals surface area (Å²) >= 11 is 0. The number of hydrogen-bond acceptors (Lipinski definition) is 5. The van der Waals surface area contributed by atoms with E-state index >= 15 is 0 Å². The molecule has 18 heavy (non-hydrogen) atoms. The molecule has 0 amide bonds. The van der Waals surface area contributed by atoms with Crippen LogP contribution in [0.1, 0.15) is 30.0 Å². The van der Waals surface area contributed by atoms with E-state index in [-0.39, 0.29) is 12.3 Å². The summed E-state index contributed by atoms with van der Waals surface area (Å²) in [6, 6.07) is 0. The van der Waals surface area contributed by atoms with Gasteiger partial charge in [-0.15, -0.1) is 0 Å². The van der Waals surface area contributed by atoms with Gasteiger partial charge in [-0.25, -0.2) is 14.6 Å². The molecule has 0 saturated carbocycles. The van der Waals surface area contributed by atoms with Crippen LogP contribution in [0.4, 0.5) is 0 Å². The minimum absolute atomic E-state index is 0.180. The summed E-state index contributed by atoms with van der Waals surface area (Å²) in [4.78, 5) is 26.7. The van der Waals surface area contributed by atoms with Gasteiger partial charge in [0.25, 0.3) is 0 Å². The second kappa shape index (κ2) is 6.58. The van der Waals surface area contributed by atoms with E-state index < -0.39 is 11.9 Å². The molecule has 1 aromatic rings. The smallest absolute Gasteiger partial charge is 0.359 e. The van der Waals surface area contributed by atoms with Crippen molar-refractivity contribution in [2.75, 3.05) is 13.2 Å². The van der Waals surface area contributed by atoms with E-state index in [0.29, 0.717) is 12.3 Å². The fourth-order valence-electron chi connectivity index (χ4n) is 1.33. The Labute approximate surface area is 105 Å². The molecule has 98 valence electrons. The lowest BCUT2D eigenvalue weighted by atomic mass is 10.3. The monoisotopic (exact) mass is 252 g/mol. The Morgan fingerprint density at radius 2 is 2.00 bits per heavy atom. The molecule has 0 fully saturated rings. The summed E-state index contributed by atoms with van der Waals surface area (Å²) in [5, 5.41) is 0. The fraction of sp³-hybridized carbons (Fsp3) is 0.417. The summed E-state index contributed by atoms with van der Waals surface area (Å²) in [5.74, 6) is -0.977. The molecule has 0 bridgehead atoms. The number of carbonyl (C=O) groups is 2. The lowest BCUT2D eigenvalue weighted by Gasteiger charge is -2.01. The van der Waals surface area contributed by atoms with Crippen LogP contribution in [0.25, 0.3) is 6.08 Å². The molecule has 6 heteroatoms. The zero-order valence-electron chi connectivity index (χ0n) is 10.7. The third kappa shape index (κ3) is 3.44. The zero-order chi connectivity index (χ0) is 13.5. The van der Waals surface area contributed by atoms with Crippen LogP contribution < -0.4 is 0 Å². The molecule has 0 N–H and O–H groups in total. The lowest BCUT2D eigenvalue weighted by molar-refractivity contribution is -0.137. The second-order valence-corrected chi connectivity index (χ2v) is 3.40. The molecule has 0 radical (unpaired) electrons. The lowest BCUT2D eigenvalue weighted by Crippen LogP contribution is -2.08. The topological polar surface area (TPSA) is 70.4 Å². The van der Waals surface area contributed by atoms with E-state index in [0.717, 1.165) is 0 Å². The molecule has 0 unspecified atom stereocenters. The van der Waals surface area contributed by atoms with Crippen molar-refractivity contribution in [2.24, 2.45) is 7.05 Å². The highest BCUT2D eigenvalue weighted by molar-refractivity contribution is 5.93. The highest BCUT2D eigenvalue weighted by Gasteiger charge is 2.16. The van der Waals surface area contributed by atoms with Gasteiger partial charge in [0.05, 0.1) is 25.2 Å². The maximum absolute atomic E-state index is 11.6. The predicted molar refractivity (Wildman–Crippen MR) is 64.8 cm³/mol. The zero-order valence-corrected chi connectivity index (χ0v) is 10.7. The molecule has 0 atom stereocenters. The summed E-state index contributed by atoms with van der Waals surface area (Å²) < 4.78 is 11.3. The van der Waals surface area contributed by atoms with Gasteiger partial charge in [-0.3, -0.25) is 0 Å². The molecule has 0 aromatic carbocycles. The number of ether oxygens (including phenoxy) is 2. The van der Waals surface area contributed by atoms with Gasteiger partial charge in [0, 0.05) is 13.1 Å². The number of imidazole rings is 1. The molecule has 0 spiro atoms. The molecule has 1 rings (SSSR count). The Kier molecular flexibility index (Phi) is 5.10. The summed E-state index contributed by atoms with van der Waals surface area (Å²) in [6.07, 6.45) is 4.22. The third-order valence-electron chi connectivity index (χ3n) is 2.12. The quantitative estimate of drug-likeness (QED) is 0.581. The van der Waals surface area contributed by atoms with Gasteiger partial charge < -0.3 is 14.0 Å². The number of carbonyl (C=O) groups excluding carboxylic acids is 2. The van der Waals surface area contributed by atoms with Crippen molar-refractivity contribution < 1.29 is 19.1 Å². The highest BCUT2D eigenvalue weighted by atomic mass is 16.5. The fourth-order valence-corrected chi connectivity index (χ4v) is 1.33. The molecule has 0 aliphatic heterocycles. The Balaban J connectivity index is 2.91. The number of esters is 2. The van der Waals surface area contributed by atoms with Gasteiger partial charge >= 0.3 is 11.9 Å². The standard InChI is InChI=1S/C12H16N2O4/c1-4-17-10(15)7-6-9-11(12(16)18-5-2)13-8-14(9)3/h6-8H,4-5H2,1-3H3/b7-6+. The van der Waals surface area contributed by atoms with Crippen molar-refractivity contribution in [1.82, 2.24) is 9.55 Å². The van der Waals surface area contributed by atoms with Crippen LogP contribution >= 0.6 is 0 Å². The summed E-state index contributed by atoms with van der Waals surface area (Å²) in [5.41, 5.74) is 0.682. The van der Waals surface area contributed by atoms with Crippen LogP contribution in [0.5, 0.6) is 0 Å². The van der Waals surface area contributed by atoms with E-state index in [4.69, 9.17) is 9.47 Å². The first-order valence-corrected chi connectivity index (χ1v) is 5.63. The molecule has 1 aromatic heterocycles. The van der Waals surface area contributed by atoms with Crippen LogP contribution in [0, 0.1) is 0 Å². The van der Waals surface area contributed by atoms with Crippen molar-refractivity contribution in [1.29, 1.82) is 0 Å². The predicted octanol–water partition coefficient (Wildman–Crippen LogP) is 1.17. The molecule has 0 saturated heterocycles. The van der Waals surface area contributed by atoms with Crippen LogP contribution in [-0.2, 0) is 21.3 Å². The minimum atomic E-state index is -0.512. The van der Waals surface area contributed by atoms with Crippen LogP contribution in [0.2, 0.25) is 0 Å². The van der Waals surface area contributed by atoms with Gasteiger partial charge in [0.15, 0.2) is 5.69 Å². The Bertz CT molecular complexity index is 463. The summed E-state index contributed by atoms with van der Waals surface area (Å²) in [6.45, 7) is 4.02. The number of rotatable bonds is 5. The number of aryl methyl sites for hydroxylation is 1. The van der Waals surface area contributed by atoms with E-state index in [2.05, 4.69) is 4.98 Å². The van der Waals surface area contributed by atoms with Crippen molar-refractivity contribution in [3.63, 3.8) is 0 Å².